The number of fused-ring (bicyclic) bond motifs is 4. The Kier molecular flexibility index (Phi) is 6.59. The van der Waals surface area contributed by atoms with Crippen LogP contribution >= 0.6 is 0 Å². The monoisotopic (exact) mass is 501 g/mol. The highest BCUT2D eigenvalue weighted by Crippen LogP contribution is 2.37. The first-order valence-corrected chi connectivity index (χ1v) is 13.4. The van der Waals surface area contributed by atoms with Crippen LogP contribution in [0.5, 0.6) is 5.75 Å². The molecule has 5 nitrogen and oxygen atoms in total. The third-order valence-corrected chi connectivity index (χ3v) is 8.45. The highest BCUT2D eigenvalue weighted by molar-refractivity contribution is 5.87. The summed E-state index contributed by atoms with van der Waals surface area (Å²) in [7, 11) is 0. The summed E-state index contributed by atoms with van der Waals surface area (Å²) < 4.78 is 27.0. The molecule has 6 heteroatoms. The fourth-order valence-corrected chi connectivity index (χ4v) is 6.30. The first-order chi connectivity index (χ1) is 18.1. The second-order valence-corrected chi connectivity index (χ2v) is 10.8. The number of carbonyl (C=O) groups is 1. The standard InChI is InChI=1S/C31H34FN2O3/c32-27-7-4-8-28(20-27)33(21-24-5-2-1-3-6-24)31(35)37-30-22-34(16-12-25(30)13-17-34)15-11-23-9-10-29-26(19-23)14-18-36-29/h1-10,19-20,25,30H,11-18,21-22H2/q+1. The second kappa shape index (κ2) is 10.2. The molecule has 192 valence electrons. The van der Waals surface area contributed by atoms with Gasteiger partial charge in [0.2, 0.25) is 0 Å². The summed E-state index contributed by atoms with van der Waals surface area (Å²) in [5.41, 5.74) is 4.16. The van der Waals surface area contributed by atoms with Crippen LogP contribution in [0.3, 0.4) is 0 Å². The third kappa shape index (κ3) is 5.21. The average molecular weight is 502 g/mol. The van der Waals surface area contributed by atoms with E-state index in [0.29, 0.717) is 18.2 Å². The summed E-state index contributed by atoms with van der Waals surface area (Å²) in [5.74, 6) is 1.06. The zero-order chi connectivity index (χ0) is 25.2. The maximum Gasteiger partial charge on any atom is 0.415 e. The largest absolute Gasteiger partial charge is 0.493 e. The fraction of sp³-hybridized carbons (Fsp3) is 0.387. The van der Waals surface area contributed by atoms with Crippen LogP contribution in [0.2, 0.25) is 0 Å². The Bertz CT molecular complexity index is 1260. The Balaban J connectivity index is 1.15. The quantitative estimate of drug-likeness (QED) is 0.387. The molecule has 2 bridgehead atoms. The van der Waals surface area contributed by atoms with Gasteiger partial charge in [0.25, 0.3) is 0 Å². The number of piperidine rings is 3. The van der Waals surface area contributed by atoms with E-state index in [1.807, 2.05) is 30.3 Å². The first kappa shape index (κ1) is 24.0. The van der Waals surface area contributed by atoms with E-state index < -0.39 is 6.09 Å². The number of hydrogen-bond donors (Lipinski definition) is 0. The Morgan fingerprint density at radius 1 is 1.00 bits per heavy atom. The lowest BCUT2D eigenvalue weighted by atomic mass is 9.83. The number of nitrogens with zero attached hydrogens (tertiary/aromatic N) is 2. The molecule has 1 atom stereocenters. The van der Waals surface area contributed by atoms with Crippen LogP contribution in [-0.4, -0.2) is 49.5 Å². The Morgan fingerprint density at radius 2 is 1.84 bits per heavy atom. The van der Waals surface area contributed by atoms with Crippen molar-refractivity contribution < 1.29 is 23.1 Å². The predicted molar refractivity (Wildman–Crippen MR) is 141 cm³/mol. The number of amides is 1. The lowest BCUT2D eigenvalue weighted by molar-refractivity contribution is -0.945. The minimum Gasteiger partial charge on any atom is -0.493 e. The molecule has 1 amide bonds. The van der Waals surface area contributed by atoms with Crippen molar-refractivity contribution in [3.63, 3.8) is 0 Å². The van der Waals surface area contributed by atoms with Crippen LogP contribution in [0, 0.1) is 11.7 Å². The van der Waals surface area contributed by atoms with Crippen LogP contribution in [0.4, 0.5) is 14.9 Å². The molecule has 0 aromatic heterocycles. The topological polar surface area (TPSA) is 38.8 Å². The van der Waals surface area contributed by atoms with Gasteiger partial charge in [0.05, 0.1) is 38.5 Å². The number of carbonyl (C=O) groups excluding carboxylic acids is 1. The van der Waals surface area contributed by atoms with E-state index in [0.717, 1.165) is 74.3 Å². The average Bonchev–Trinajstić information content (AvgIpc) is 3.40. The van der Waals surface area contributed by atoms with Crippen LogP contribution in [0.1, 0.15) is 29.5 Å². The predicted octanol–water partition coefficient (Wildman–Crippen LogP) is 5.76. The van der Waals surface area contributed by atoms with Crippen LogP contribution in [0.25, 0.3) is 0 Å². The molecular formula is C31H34FN2O3+. The normalized spacial score (nSPS) is 23.8. The van der Waals surface area contributed by atoms with E-state index in [4.69, 9.17) is 9.47 Å². The number of halogens is 1. The molecule has 3 aromatic rings. The molecule has 4 heterocycles. The molecule has 0 saturated carbocycles. The van der Waals surface area contributed by atoms with E-state index in [2.05, 4.69) is 18.2 Å². The smallest absolute Gasteiger partial charge is 0.415 e. The molecule has 0 N–H and O–H groups in total. The molecule has 7 rings (SSSR count). The van der Waals surface area contributed by atoms with Crippen molar-refractivity contribution >= 4 is 11.8 Å². The SMILES string of the molecule is O=C(OC1C[N+]2(CCc3ccc4c(c3)CCO4)CCC1CC2)N(Cc1ccccc1)c1cccc(F)c1. The van der Waals surface area contributed by atoms with Gasteiger partial charge in [-0.3, -0.25) is 4.90 Å². The molecule has 3 aromatic carbocycles. The summed E-state index contributed by atoms with van der Waals surface area (Å²) in [6, 6.07) is 22.6. The number of hydrogen-bond acceptors (Lipinski definition) is 3. The van der Waals surface area contributed by atoms with Crippen molar-refractivity contribution in [2.75, 3.05) is 37.7 Å². The second-order valence-electron chi connectivity index (χ2n) is 10.8. The first-order valence-electron chi connectivity index (χ1n) is 13.4. The van der Waals surface area contributed by atoms with Gasteiger partial charge in [0, 0.05) is 31.6 Å². The molecular weight excluding hydrogens is 467 g/mol. The number of benzene rings is 3. The van der Waals surface area contributed by atoms with Crippen molar-refractivity contribution in [1.29, 1.82) is 0 Å². The van der Waals surface area contributed by atoms with Gasteiger partial charge in [0.1, 0.15) is 18.1 Å². The van der Waals surface area contributed by atoms with E-state index in [1.165, 1.54) is 23.3 Å². The van der Waals surface area contributed by atoms with Gasteiger partial charge in [-0.05, 0) is 41.0 Å². The van der Waals surface area contributed by atoms with Crippen molar-refractivity contribution in [2.24, 2.45) is 5.92 Å². The van der Waals surface area contributed by atoms with Crippen molar-refractivity contribution in [2.45, 2.75) is 38.3 Å². The molecule has 3 saturated heterocycles. The molecule has 37 heavy (non-hydrogen) atoms. The molecule has 0 aliphatic carbocycles. The van der Waals surface area contributed by atoms with Gasteiger partial charge < -0.3 is 14.0 Å². The van der Waals surface area contributed by atoms with Gasteiger partial charge in [-0.15, -0.1) is 0 Å². The Labute approximate surface area is 218 Å². The number of anilines is 1. The van der Waals surface area contributed by atoms with Crippen LogP contribution in [-0.2, 0) is 24.1 Å². The summed E-state index contributed by atoms with van der Waals surface area (Å²) in [6.07, 6.45) is 3.65. The van der Waals surface area contributed by atoms with Crippen molar-refractivity contribution in [3.05, 3.63) is 95.3 Å². The number of quaternary nitrogens is 1. The minimum atomic E-state index is -0.398. The van der Waals surface area contributed by atoms with Gasteiger partial charge in [-0.25, -0.2) is 9.18 Å². The van der Waals surface area contributed by atoms with Gasteiger partial charge in [0.15, 0.2) is 6.10 Å². The molecule has 3 fully saturated rings. The maximum absolute atomic E-state index is 14.1. The zero-order valence-electron chi connectivity index (χ0n) is 21.2. The van der Waals surface area contributed by atoms with Crippen LogP contribution < -0.4 is 9.64 Å². The van der Waals surface area contributed by atoms with E-state index in [9.17, 15) is 9.18 Å². The van der Waals surface area contributed by atoms with Gasteiger partial charge >= 0.3 is 6.09 Å². The van der Waals surface area contributed by atoms with E-state index in [-0.39, 0.29) is 11.9 Å². The Morgan fingerprint density at radius 3 is 2.65 bits per heavy atom. The maximum atomic E-state index is 14.1. The van der Waals surface area contributed by atoms with Gasteiger partial charge in [-0.1, -0.05) is 48.5 Å². The summed E-state index contributed by atoms with van der Waals surface area (Å²) >= 11 is 0. The number of ether oxygens (including phenoxy) is 2. The molecule has 4 aliphatic rings. The minimum absolute atomic E-state index is 0.116. The van der Waals surface area contributed by atoms with Crippen molar-refractivity contribution in [1.82, 2.24) is 0 Å². The lowest BCUT2D eigenvalue weighted by Gasteiger charge is -2.52. The van der Waals surface area contributed by atoms with Gasteiger partial charge in [-0.2, -0.15) is 0 Å². The summed E-state index contributed by atoms with van der Waals surface area (Å²) in [4.78, 5) is 15.1. The van der Waals surface area contributed by atoms with E-state index in [1.54, 1.807) is 17.0 Å². The molecule has 0 spiro atoms. The summed E-state index contributed by atoms with van der Waals surface area (Å²) in [5, 5.41) is 0. The highest BCUT2D eigenvalue weighted by Gasteiger charge is 2.47. The molecule has 1 unspecified atom stereocenters. The fourth-order valence-electron chi connectivity index (χ4n) is 6.30. The molecule has 4 aliphatic heterocycles. The van der Waals surface area contributed by atoms with E-state index >= 15 is 0 Å². The Hall–Kier alpha value is -3.38. The zero-order valence-corrected chi connectivity index (χ0v) is 21.2. The highest BCUT2D eigenvalue weighted by atomic mass is 19.1. The van der Waals surface area contributed by atoms with Crippen LogP contribution in [0.15, 0.2) is 72.8 Å². The summed E-state index contributed by atoms with van der Waals surface area (Å²) in [6.45, 7) is 5.31. The van der Waals surface area contributed by atoms with Crippen molar-refractivity contribution in [3.8, 4) is 5.75 Å². The third-order valence-electron chi connectivity index (χ3n) is 8.45. The lowest BCUT2D eigenvalue weighted by Crippen LogP contribution is -2.65. The number of rotatable bonds is 7. The molecule has 0 radical (unpaired) electrons.